The van der Waals surface area contributed by atoms with Crippen LogP contribution in [0.4, 0.5) is 4.79 Å². The lowest BCUT2D eigenvalue weighted by molar-refractivity contribution is -0.137. The van der Waals surface area contributed by atoms with Gasteiger partial charge in [-0.1, -0.05) is 50.6 Å². The van der Waals surface area contributed by atoms with Crippen molar-refractivity contribution in [1.82, 2.24) is 15.5 Å². The lowest BCUT2D eigenvalue weighted by atomic mass is 9.64. The van der Waals surface area contributed by atoms with E-state index < -0.39 is 11.6 Å². The molecule has 1 spiro atoms. The highest BCUT2D eigenvalue weighted by atomic mass is 16.2. The molecule has 1 aromatic carbocycles. The minimum Gasteiger partial charge on any atom is -0.350 e. The van der Waals surface area contributed by atoms with E-state index in [1.54, 1.807) is 0 Å². The van der Waals surface area contributed by atoms with E-state index in [2.05, 4.69) is 31.4 Å². The fourth-order valence-corrected chi connectivity index (χ4v) is 4.76. The Morgan fingerprint density at radius 1 is 1.22 bits per heavy atom. The Hall–Kier alpha value is -2.37. The number of benzene rings is 1. The van der Waals surface area contributed by atoms with Crippen LogP contribution < -0.4 is 10.6 Å². The second kappa shape index (κ2) is 6.98. The Morgan fingerprint density at radius 2 is 1.89 bits per heavy atom. The summed E-state index contributed by atoms with van der Waals surface area (Å²) in [6.07, 6.45) is 2.26. The predicted molar refractivity (Wildman–Crippen MR) is 103 cm³/mol. The van der Waals surface area contributed by atoms with Gasteiger partial charge in [-0.25, -0.2) is 4.79 Å². The number of amides is 4. The Labute approximate surface area is 160 Å². The molecule has 27 heavy (non-hydrogen) atoms. The molecule has 0 bridgehead atoms. The number of hydrogen-bond donors (Lipinski definition) is 2. The van der Waals surface area contributed by atoms with E-state index in [0.717, 1.165) is 22.4 Å². The maximum atomic E-state index is 13.0. The third-order valence-corrected chi connectivity index (χ3v) is 5.54. The first kappa shape index (κ1) is 19.4. The second-order valence-electron chi connectivity index (χ2n) is 9.02. The van der Waals surface area contributed by atoms with Crippen LogP contribution in [0.1, 0.15) is 51.2 Å². The van der Waals surface area contributed by atoms with Crippen LogP contribution in [0.5, 0.6) is 0 Å². The van der Waals surface area contributed by atoms with E-state index >= 15 is 0 Å². The molecule has 2 N–H and O–H groups in total. The molecule has 1 aromatic rings. The summed E-state index contributed by atoms with van der Waals surface area (Å²) in [5.41, 5.74) is 1.24. The number of carbonyl (C=O) groups excluding carboxylic acids is 3. The van der Waals surface area contributed by atoms with Gasteiger partial charge in [0.15, 0.2) is 0 Å². The molecule has 0 radical (unpaired) electrons. The first-order valence-electron chi connectivity index (χ1n) is 9.57. The maximum absolute atomic E-state index is 13.0. The van der Waals surface area contributed by atoms with Crippen LogP contribution in [0.25, 0.3) is 0 Å². The van der Waals surface area contributed by atoms with Crippen molar-refractivity contribution in [3.05, 3.63) is 35.4 Å². The highest BCUT2D eigenvalue weighted by molar-refractivity contribution is 6.09. The number of rotatable bonds is 4. The smallest absolute Gasteiger partial charge is 0.325 e. The van der Waals surface area contributed by atoms with E-state index in [1.807, 2.05) is 31.2 Å². The van der Waals surface area contributed by atoms with Crippen molar-refractivity contribution in [2.45, 2.75) is 59.0 Å². The molecule has 6 nitrogen and oxygen atoms in total. The normalized spacial score (nSPS) is 27.0. The largest absolute Gasteiger partial charge is 0.350 e. The maximum Gasteiger partial charge on any atom is 0.325 e. The molecule has 0 aromatic heterocycles. The third kappa shape index (κ3) is 4.15. The van der Waals surface area contributed by atoms with Crippen LogP contribution >= 0.6 is 0 Å². The van der Waals surface area contributed by atoms with Crippen molar-refractivity contribution in [2.24, 2.45) is 11.3 Å². The molecular weight excluding hydrogens is 342 g/mol. The number of carbonyl (C=O) groups is 3. The van der Waals surface area contributed by atoms with Gasteiger partial charge >= 0.3 is 6.03 Å². The van der Waals surface area contributed by atoms with Crippen molar-refractivity contribution >= 4 is 17.8 Å². The van der Waals surface area contributed by atoms with E-state index in [-0.39, 0.29) is 23.8 Å². The molecule has 1 aliphatic heterocycles. The molecule has 3 rings (SSSR count). The Balaban J connectivity index is 1.63. The van der Waals surface area contributed by atoms with Gasteiger partial charge in [0.1, 0.15) is 12.1 Å². The first-order chi connectivity index (χ1) is 12.6. The van der Waals surface area contributed by atoms with E-state index in [0.29, 0.717) is 25.3 Å². The number of nitrogens with one attached hydrogen (secondary N) is 2. The highest BCUT2D eigenvalue weighted by Gasteiger charge is 2.56. The molecule has 1 aliphatic carbocycles. The quantitative estimate of drug-likeness (QED) is 0.799. The second-order valence-corrected chi connectivity index (χ2v) is 9.02. The van der Waals surface area contributed by atoms with Crippen molar-refractivity contribution in [2.75, 3.05) is 6.54 Å². The summed E-state index contributed by atoms with van der Waals surface area (Å²) in [6, 6.07) is 7.40. The minimum atomic E-state index is -0.866. The van der Waals surface area contributed by atoms with Crippen LogP contribution in [-0.4, -0.2) is 34.8 Å². The van der Waals surface area contributed by atoms with Crippen molar-refractivity contribution in [3.8, 4) is 0 Å². The number of urea groups is 1. The summed E-state index contributed by atoms with van der Waals surface area (Å²) >= 11 is 0. The van der Waals surface area contributed by atoms with Gasteiger partial charge in [-0.2, -0.15) is 0 Å². The van der Waals surface area contributed by atoms with Crippen LogP contribution in [-0.2, 0) is 16.1 Å². The molecule has 2 aliphatic rings. The molecule has 2 atom stereocenters. The molecule has 6 heteroatoms. The van der Waals surface area contributed by atoms with Gasteiger partial charge in [0, 0.05) is 6.54 Å². The summed E-state index contributed by atoms with van der Waals surface area (Å²) < 4.78 is 0. The van der Waals surface area contributed by atoms with Crippen molar-refractivity contribution in [1.29, 1.82) is 0 Å². The number of nitrogens with zero attached hydrogens (tertiary/aromatic N) is 1. The Kier molecular flexibility index (Phi) is 5.02. The molecule has 2 fully saturated rings. The van der Waals surface area contributed by atoms with Gasteiger partial charge in [0.2, 0.25) is 5.91 Å². The molecule has 1 heterocycles. The molecule has 4 amide bonds. The third-order valence-electron chi connectivity index (χ3n) is 5.54. The summed E-state index contributed by atoms with van der Waals surface area (Å²) in [7, 11) is 0. The summed E-state index contributed by atoms with van der Waals surface area (Å²) in [5, 5.41) is 5.69. The van der Waals surface area contributed by atoms with E-state index in [9.17, 15) is 14.4 Å². The highest BCUT2D eigenvalue weighted by Crippen LogP contribution is 2.46. The zero-order chi connectivity index (χ0) is 19.8. The Bertz CT molecular complexity index is 756. The van der Waals surface area contributed by atoms with Crippen molar-refractivity contribution in [3.63, 3.8) is 0 Å². The van der Waals surface area contributed by atoms with Gasteiger partial charge in [-0.15, -0.1) is 0 Å². The molecule has 146 valence electrons. The number of imide groups is 1. The Morgan fingerprint density at radius 3 is 2.52 bits per heavy atom. The molecule has 1 saturated carbocycles. The first-order valence-corrected chi connectivity index (χ1v) is 9.57. The van der Waals surface area contributed by atoms with Crippen molar-refractivity contribution < 1.29 is 14.4 Å². The standard InChI is InChI=1S/C21H29N3O3/c1-14-5-7-16(8-6-14)11-22-17(25)12-24-18(26)21(23-19(24)27)10-15(2)9-20(3,4)13-21/h5-8,15H,9-13H2,1-4H3,(H,22,25)(H,23,27)/t15-,21-/m1/s1. The van der Waals surface area contributed by atoms with Crippen LogP contribution in [0.3, 0.4) is 0 Å². The van der Waals surface area contributed by atoms with Crippen LogP contribution in [0.15, 0.2) is 24.3 Å². The summed E-state index contributed by atoms with van der Waals surface area (Å²) in [5.74, 6) is -0.259. The zero-order valence-corrected chi connectivity index (χ0v) is 16.6. The van der Waals surface area contributed by atoms with Gasteiger partial charge in [0.05, 0.1) is 0 Å². The van der Waals surface area contributed by atoms with E-state index in [4.69, 9.17) is 0 Å². The monoisotopic (exact) mass is 371 g/mol. The molecule has 1 saturated heterocycles. The SMILES string of the molecule is Cc1ccc(CNC(=O)CN2C(=O)N[C@@]3(C[C@H](C)CC(C)(C)C3)C2=O)cc1. The van der Waals surface area contributed by atoms with Gasteiger partial charge in [0.25, 0.3) is 5.91 Å². The fourth-order valence-electron chi connectivity index (χ4n) is 4.76. The van der Waals surface area contributed by atoms with E-state index in [1.165, 1.54) is 0 Å². The summed E-state index contributed by atoms with van der Waals surface area (Å²) in [6.45, 7) is 8.49. The fraction of sp³-hybridized carbons (Fsp3) is 0.571. The minimum absolute atomic E-state index is 0.0235. The number of aryl methyl sites for hydroxylation is 1. The average Bonchev–Trinajstić information content (AvgIpc) is 2.76. The average molecular weight is 371 g/mol. The molecular formula is C21H29N3O3. The van der Waals surface area contributed by atoms with Crippen LogP contribution in [0.2, 0.25) is 0 Å². The summed E-state index contributed by atoms with van der Waals surface area (Å²) in [4.78, 5) is 38.8. The molecule has 0 unspecified atom stereocenters. The lowest BCUT2D eigenvalue weighted by Gasteiger charge is -2.43. The lowest BCUT2D eigenvalue weighted by Crippen LogP contribution is -2.54. The van der Waals surface area contributed by atoms with Gasteiger partial charge < -0.3 is 10.6 Å². The predicted octanol–water partition coefficient (Wildman–Crippen LogP) is 2.75. The van der Waals surface area contributed by atoms with Crippen LogP contribution in [0, 0.1) is 18.3 Å². The zero-order valence-electron chi connectivity index (χ0n) is 16.6. The number of hydrogen-bond acceptors (Lipinski definition) is 3. The van der Waals surface area contributed by atoms with Gasteiger partial charge in [-0.05, 0) is 43.1 Å². The van der Waals surface area contributed by atoms with Gasteiger partial charge in [-0.3, -0.25) is 14.5 Å². The topological polar surface area (TPSA) is 78.5 Å².